The number of hydrogen-bond acceptors (Lipinski definition) is 5. The molecule has 0 aliphatic heterocycles. The molecule has 0 saturated heterocycles. The number of hydrogen-bond donors (Lipinski definition) is 1. The number of aromatic nitrogens is 3. The SMILES string of the molecule is C=CCn1c(SCC(=O)Nc2ccc(Cl)cc2Cl)nnc1-c1cc(Cl)ccc1OC. The van der Waals surface area contributed by atoms with E-state index in [1.54, 1.807) is 49.6 Å². The molecule has 6 nitrogen and oxygen atoms in total. The van der Waals surface area contributed by atoms with Crippen molar-refractivity contribution in [1.29, 1.82) is 0 Å². The zero-order chi connectivity index (χ0) is 21.7. The summed E-state index contributed by atoms with van der Waals surface area (Å²) in [5, 5.41) is 13.2. The number of benzene rings is 2. The third-order valence-corrected chi connectivity index (χ3v) is 5.72. The quantitative estimate of drug-likeness (QED) is 0.322. The Kier molecular flexibility index (Phi) is 7.66. The van der Waals surface area contributed by atoms with Crippen LogP contribution in [-0.2, 0) is 11.3 Å². The van der Waals surface area contributed by atoms with Gasteiger partial charge in [0.2, 0.25) is 5.91 Å². The van der Waals surface area contributed by atoms with E-state index in [1.807, 2.05) is 4.57 Å². The van der Waals surface area contributed by atoms with Gasteiger partial charge in [0.15, 0.2) is 11.0 Å². The van der Waals surface area contributed by atoms with Gasteiger partial charge >= 0.3 is 0 Å². The minimum atomic E-state index is -0.237. The van der Waals surface area contributed by atoms with Gasteiger partial charge in [0, 0.05) is 16.6 Å². The summed E-state index contributed by atoms with van der Waals surface area (Å²) in [6.07, 6.45) is 1.72. The lowest BCUT2D eigenvalue weighted by atomic mass is 10.2. The Bertz CT molecular complexity index is 1090. The summed E-state index contributed by atoms with van der Waals surface area (Å²) < 4.78 is 7.26. The van der Waals surface area contributed by atoms with E-state index >= 15 is 0 Å². The molecule has 3 aromatic rings. The number of allylic oxidation sites excluding steroid dienone is 1. The standard InChI is InChI=1S/C20H17Cl3N4O2S/c1-3-8-27-19(14-9-12(21)5-7-17(14)29-2)25-26-20(27)30-11-18(28)24-16-6-4-13(22)10-15(16)23/h3-7,9-10H,1,8,11H2,2H3,(H,24,28). The summed E-state index contributed by atoms with van der Waals surface area (Å²) in [6, 6.07) is 10.1. The molecule has 2 aromatic carbocycles. The van der Waals surface area contributed by atoms with E-state index in [2.05, 4.69) is 22.1 Å². The van der Waals surface area contributed by atoms with Crippen molar-refractivity contribution in [3.8, 4) is 17.1 Å². The predicted octanol–water partition coefficient (Wildman–Crippen LogP) is 5.83. The van der Waals surface area contributed by atoms with Crippen molar-refractivity contribution in [2.24, 2.45) is 0 Å². The second-order valence-corrected chi connectivity index (χ2v) is 8.23. The smallest absolute Gasteiger partial charge is 0.234 e. The Hall–Kier alpha value is -2.19. The molecule has 0 fully saturated rings. The number of amides is 1. The fourth-order valence-electron chi connectivity index (χ4n) is 2.65. The highest BCUT2D eigenvalue weighted by Gasteiger charge is 2.18. The minimum Gasteiger partial charge on any atom is -0.496 e. The lowest BCUT2D eigenvalue weighted by Crippen LogP contribution is -2.15. The molecule has 0 bridgehead atoms. The van der Waals surface area contributed by atoms with E-state index in [1.165, 1.54) is 11.8 Å². The maximum atomic E-state index is 12.4. The Balaban J connectivity index is 1.79. The van der Waals surface area contributed by atoms with Gasteiger partial charge in [0.1, 0.15) is 5.75 Å². The highest BCUT2D eigenvalue weighted by atomic mass is 35.5. The van der Waals surface area contributed by atoms with Gasteiger partial charge in [0.25, 0.3) is 0 Å². The average molecular weight is 484 g/mol. The van der Waals surface area contributed by atoms with Crippen molar-refractivity contribution in [3.05, 3.63) is 64.1 Å². The van der Waals surface area contributed by atoms with Crippen LogP contribution in [0.15, 0.2) is 54.2 Å². The van der Waals surface area contributed by atoms with Crippen molar-refractivity contribution < 1.29 is 9.53 Å². The second kappa shape index (κ2) is 10.2. The molecule has 30 heavy (non-hydrogen) atoms. The summed E-state index contributed by atoms with van der Waals surface area (Å²) in [5.74, 6) is 1.06. The summed E-state index contributed by atoms with van der Waals surface area (Å²) in [7, 11) is 1.57. The van der Waals surface area contributed by atoms with Crippen molar-refractivity contribution >= 4 is 58.2 Å². The summed E-state index contributed by atoms with van der Waals surface area (Å²) in [6.45, 7) is 4.24. The molecule has 156 valence electrons. The van der Waals surface area contributed by atoms with Crippen LogP contribution >= 0.6 is 46.6 Å². The number of methoxy groups -OCH3 is 1. The molecule has 0 radical (unpaired) electrons. The third kappa shape index (κ3) is 5.29. The summed E-state index contributed by atoms with van der Waals surface area (Å²) >= 11 is 19.4. The molecular formula is C20H17Cl3N4O2S. The van der Waals surface area contributed by atoms with E-state index in [0.29, 0.717) is 49.6 Å². The minimum absolute atomic E-state index is 0.112. The summed E-state index contributed by atoms with van der Waals surface area (Å²) in [5.41, 5.74) is 1.19. The van der Waals surface area contributed by atoms with Crippen LogP contribution in [0.2, 0.25) is 15.1 Å². The molecule has 1 N–H and O–H groups in total. The zero-order valence-electron chi connectivity index (χ0n) is 15.9. The maximum Gasteiger partial charge on any atom is 0.234 e. The maximum absolute atomic E-state index is 12.4. The number of ether oxygens (including phenoxy) is 1. The Labute approximate surface area is 193 Å². The van der Waals surface area contributed by atoms with Crippen LogP contribution in [0.5, 0.6) is 5.75 Å². The van der Waals surface area contributed by atoms with Gasteiger partial charge in [-0.2, -0.15) is 0 Å². The number of halogens is 3. The lowest BCUT2D eigenvalue weighted by Gasteiger charge is -2.11. The topological polar surface area (TPSA) is 69.0 Å². The highest BCUT2D eigenvalue weighted by molar-refractivity contribution is 7.99. The molecule has 0 aliphatic rings. The van der Waals surface area contributed by atoms with Gasteiger partial charge < -0.3 is 10.1 Å². The second-order valence-electron chi connectivity index (χ2n) is 6.01. The largest absolute Gasteiger partial charge is 0.496 e. The van der Waals surface area contributed by atoms with Gasteiger partial charge in [-0.1, -0.05) is 52.6 Å². The molecule has 0 aliphatic carbocycles. The molecule has 1 amide bonds. The van der Waals surface area contributed by atoms with Crippen LogP contribution in [0.25, 0.3) is 11.4 Å². The fraction of sp³-hybridized carbons (Fsp3) is 0.150. The first-order valence-corrected chi connectivity index (χ1v) is 10.8. The first-order valence-electron chi connectivity index (χ1n) is 8.68. The van der Waals surface area contributed by atoms with E-state index in [-0.39, 0.29) is 11.7 Å². The van der Waals surface area contributed by atoms with Crippen LogP contribution in [0, 0.1) is 0 Å². The Morgan fingerprint density at radius 2 is 1.93 bits per heavy atom. The Morgan fingerprint density at radius 1 is 1.20 bits per heavy atom. The van der Waals surface area contributed by atoms with Crippen molar-refractivity contribution in [1.82, 2.24) is 14.8 Å². The molecule has 1 heterocycles. The molecule has 3 rings (SSSR count). The third-order valence-electron chi connectivity index (χ3n) is 3.97. The van der Waals surface area contributed by atoms with E-state index in [9.17, 15) is 4.79 Å². The lowest BCUT2D eigenvalue weighted by molar-refractivity contribution is -0.113. The molecule has 0 unspecified atom stereocenters. The van der Waals surface area contributed by atoms with Gasteiger partial charge in [0.05, 0.1) is 29.1 Å². The number of nitrogens with one attached hydrogen (secondary N) is 1. The molecule has 0 atom stereocenters. The molecular weight excluding hydrogens is 467 g/mol. The molecule has 0 saturated carbocycles. The zero-order valence-corrected chi connectivity index (χ0v) is 18.9. The number of carbonyl (C=O) groups excluding carboxylic acids is 1. The number of nitrogens with zero attached hydrogens (tertiary/aromatic N) is 3. The summed E-state index contributed by atoms with van der Waals surface area (Å²) in [4.78, 5) is 12.4. The highest BCUT2D eigenvalue weighted by Crippen LogP contribution is 2.33. The first kappa shape index (κ1) is 22.5. The van der Waals surface area contributed by atoms with Gasteiger partial charge in [-0.15, -0.1) is 16.8 Å². The van der Waals surface area contributed by atoms with Gasteiger partial charge in [-0.05, 0) is 36.4 Å². The van der Waals surface area contributed by atoms with E-state index in [4.69, 9.17) is 39.5 Å². The first-order chi connectivity index (χ1) is 14.4. The van der Waals surface area contributed by atoms with Crippen LogP contribution < -0.4 is 10.1 Å². The monoisotopic (exact) mass is 482 g/mol. The van der Waals surface area contributed by atoms with E-state index in [0.717, 1.165) is 0 Å². The Morgan fingerprint density at radius 3 is 2.63 bits per heavy atom. The molecule has 1 aromatic heterocycles. The van der Waals surface area contributed by atoms with E-state index < -0.39 is 0 Å². The van der Waals surface area contributed by atoms with Crippen LogP contribution in [0.3, 0.4) is 0 Å². The van der Waals surface area contributed by atoms with Crippen LogP contribution in [-0.4, -0.2) is 33.5 Å². The number of carbonyl (C=O) groups is 1. The van der Waals surface area contributed by atoms with Crippen molar-refractivity contribution in [3.63, 3.8) is 0 Å². The molecule has 10 heteroatoms. The van der Waals surface area contributed by atoms with Crippen LogP contribution in [0.1, 0.15) is 0 Å². The van der Waals surface area contributed by atoms with Crippen molar-refractivity contribution in [2.45, 2.75) is 11.7 Å². The van der Waals surface area contributed by atoms with Crippen LogP contribution in [0.4, 0.5) is 5.69 Å². The average Bonchev–Trinajstić information content (AvgIpc) is 3.11. The van der Waals surface area contributed by atoms with Gasteiger partial charge in [-0.25, -0.2) is 0 Å². The predicted molar refractivity (Wildman–Crippen MR) is 123 cm³/mol. The number of thioether (sulfide) groups is 1. The number of anilines is 1. The fourth-order valence-corrected chi connectivity index (χ4v) is 4.03. The van der Waals surface area contributed by atoms with Crippen molar-refractivity contribution in [2.75, 3.05) is 18.2 Å². The molecule has 0 spiro atoms. The number of rotatable bonds is 8. The van der Waals surface area contributed by atoms with Gasteiger partial charge in [-0.3, -0.25) is 9.36 Å². The normalized spacial score (nSPS) is 10.7.